The zero-order valence-corrected chi connectivity index (χ0v) is 16.5. The van der Waals surface area contributed by atoms with Crippen molar-refractivity contribution in [1.82, 2.24) is 4.98 Å². The van der Waals surface area contributed by atoms with Crippen LogP contribution in [-0.2, 0) is 0 Å². The van der Waals surface area contributed by atoms with Gasteiger partial charge in [0, 0.05) is 15.6 Å². The molecule has 0 aliphatic rings. The van der Waals surface area contributed by atoms with Crippen LogP contribution >= 0.6 is 39.3 Å². The van der Waals surface area contributed by atoms with E-state index in [0.717, 1.165) is 20.0 Å². The molecule has 1 heterocycles. The summed E-state index contributed by atoms with van der Waals surface area (Å²) in [6.07, 6.45) is 1.73. The molecular weight excluding hydrogens is 420 g/mol. The Bertz CT molecular complexity index is 916. The van der Waals surface area contributed by atoms with Crippen LogP contribution in [0.15, 0.2) is 75.2 Å². The first kappa shape index (κ1) is 18.0. The molecule has 1 N–H and O–H groups in total. The molecule has 2 aromatic carbocycles. The Hall–Kier alpha value is -1.82. The van der Waals surface area contributed by atoms with Gasteiger partial charge in [0.2, 0.25) is 0 Å². The second kappa shape index (κ2) is 8.04. The quantitative estimate of drug-likeness (QED) is 0.532. The third-order valence-corrected chi connectivity index (χ3v) is 5.23. The van der Waals surface area contributed by atoms with Crippen molar-refractivity contribution in [2.75, 3.05) is 5.32 Å². The number of pyridine rings is 1. The highest BCUT2D eigenvalue weighted by atomic mass is 79.9. The van der Waals surface area contributed by atoms with Crippen LogP contribution in [0.5, 0.6) is 0 Å². The van der Waals surface area contributed by atoms with E-state index in [-0.39, 0.29) is 5.91 Å². The first-order valence-corrected chi connectivity index (χ1v) is 9.47. The third-order valence-electron chi connectivity index (χ3n) is 3.42. The number of hydrogen-bond acceptors (Lipinski definition) is 3. The Kier molecular flexibility index (Phi) is 5.78. The number of nitrogens with zero attached hydrogens (tertiary/aromatic N) is 1. The van der Waals surface area contributed by atoms with Gasteiger partial charge in [0.1, 0.15) is 5.03 Å². The number of carbonyl (C=O) groups excluding carboxylic acids is 1. The van der Waals surface area contributed by atoms with Crippen molar-refractivity contribution in [3.63, 3.8) is 0 Å². The van der Waals surface area contributed by atoms with Gasteiger partial charge in [-0.05, 0) is 64.8 Å². The van der Waals surface area contributed by atoms with Crippen molar-refractivity contribution < 1.29 is 4.79 Å². The molecule has 3 nitrogen and oxygen atoms in total. The number of nitrogens with one attached hydrogen (secondary N) is 1. The lowest BCUT2D eigenvalue weighted by molar-refractivity contribution is 0.102. The minimum atomic E-state index is -0.203. The number of halogens is 2. The molecule has 6 heteroatoms. The van der Waals surface area contributed by atoms with E-state index < -0.39 is 0 Å². The fourth-order valence-corrected chi connectivity index (χ4v) is 3.59. The molecule has 3 aromatic rings. The van der Waals surface area contributed by atoms with E-state index >= 15 is 0 Å². The van der Waals surface area contributed by atoms with E-state index in [9.17, 15) is 4.79 Å². The second-order valence-corrected chi connectivity index (χ2v) is 7.74. The SMILES string of the molecule is Cc1ccc(NC(=O)c2ccccc2Sc2ccc(Br)cn2)c(Cl)c1. The molecule has 126 valence electrons. The second-order valence-electron chi connectivity index (χ2n) is 5.35. The maximum atomic E-state index is 12.7. The van der Waals surface area contributed by atoms with Crippen molar-refractivity contribution >= 4 is 50.9 Å². The van der Waals surface area contributed by atoms with Gasteiger partial charge in [-0.3, -0.25) is 4.79 Å². The highest BCUT2D eigenvalue weighted by Crippen LogP contribution is 2.31. The predicted molar refractivity (Wildman–Crippen MR) is 107 cm³/mol. The van der Waals surface area contributed by atoms with Crippen LogP contribution in [0.25, 0.3) is 0 Å². The smallest absolute Gasteiger partial charge is 0.256 e. The van der Waals surface area contributed by atoms with Gasteiger partial charge in [-0.2, -0.15) is 0 Å². The highest BCUT2D eigenvalue weighted by molar-refractivity contribution is 9.10. The van der Waals surface area contributed by atoms with Crippen LogP contribution in [0, 0.1) is 6.92 Å². The predicted octanol–water partition coefficient (Wildman–Crippen LogP) is 6.21. The van der Waals surface area contributed by atoms with E-state index in [1.807, 2.05) is 55.5 Å². The number of aryl methyl sites for hydroxylation is 1. The summed E-state index contributed by atoms with van der Waals surface area (Å²) >= 11 is 11.0. The van der Waals surface area contributed by atoms with Gasteiger partial charge >= 0.3 is 0 Å². The van der Waals surface area contributed by atoms with E-state index in [0.29, 0.717) is 16.3 Å². The molecule has 0 saturated heterocycles. The van der Waals surface area contributed by atoms with Crippen molar-refractivity contribution in [2.45, 2.75) is 16.8 Å². The average molecular weight is 434 g/mol. The number of anilines is 1. The van der Waals surface area contributed by atoms with Crippen LogP contribution < -0.4 is 5.32 Å². The molecule has 0 aliphatic heterocycles. The number of aromatic nitrogens is 1. The molecule has 0 radical (unpaired) electrons. The molecule has 3 rings (SSSR count). The fourth-order valence-electron chi connectivity index (χ4n) is 2.19. The molecule has 0 fully saturated rings. The van der Waals surface area contributed by atoms with E-state index in [2.05, 4.69) is 26.2 Å². The number of carbonyl (C=O) groups is 1. The van der Waals surface area contributed by atoms with Crippen molar-refractivity contribution in [2.24, 2.45) is 0 Å². The van der Waals surface area contributed by atoms with Gasteiger partial charge in [-0.1, -0.05) is 41.6 Å². The largest absolute Gasteiger partial charge is 0.321 e. The van der Waals surface area contributed by atoms with Crippen molar-refractivity contribution in [3.8, 4) is 0 Å². The third kappa shape index (κ3) is 4.63. The lowest BCUT2D eigenvalue weighted by atomic mass is 10.2. The summed E-state index contributed by atoms with van der Waals surface area (Å²) in [5.74, 6) is -0.203. The molecule has 0 saturated carbocycles. The maximum Gasteiger partial charge on any atom is 0.256 e. The van der Waals surface area contributed by atoms with Crippen LogP contribution in [0.1, 0.15) is 15.9 Å². The maximum absolute atomic E-state index is 12.7. The minimum Gasteiger partial charge on any atom is -0.321 e. The number of amides is 1. The summed E-state index contributed by atoms with van der Waals surface area (Å²) in [4.78, 5) is 17.9. The van der Waals surface area contributed by atoms with Gasteiger partial charge in [0.05, 0.1) is 16.3 Å². The molecule has 25 heavy (non-hydrogen) atoms. The molecule has 0 spiro atoms. The summed E-state index contributed by atoms with van der Waals surface area (Å²) in [6.45, 7) is 1.95. The van der Waals surface area contributed by atoms with Crippen LogP contribution in [0.2, 0.25) is 5.02 Å². The molecule has 0 atom stereocenters. The molecule has 0 unspecified atom stereocenters. The van der Waals surface area contributed by atoms with Gasteiger partial charge in [-0.15, -0.1) is 0 Å². The summed E-state index contributed by atoms with van der Waals surface area (Å²) in [6, 6.07) is 16.8. The Balaban J connectivity index is 1.84. The van der Waals surface area contributed by atoms with Crippen LogP contribution in [-0.4, -0.2) is 10.9 Å². The molecule has 1 amide bonds. The Morgan fingerprint density at radius 2 is 1.96 bits per heavy atom. The molecule has 1 aromatic heterocycles. The molecule has 0 bridgehead atoms. The summed E-state index contributed by atoms with van der Waals surface area (Å²) < 4.78 is 0.914. The zero-order chi connectivity index (χ0) is 17.8. The minimum absolute atomic E-state index is 0.203. The lowest BCUT2D eigenvalue weighted by Gasteiger charge is -2.11. The van der Waals surface area contributed by atoms with Gasteiger partial charge in [0.25, 0.3) is 5.91 Å². The van der Waals surface area contributed by atoms with Gasteiger partial charge in [0.15, 0.2) is 0 Å². The average Bonchev–Trinajstić information content (AvgIpc) is 2.60. The first-order valence-electron chi connectivity index (χ1n) is 7.49. The highest BCUT2D eigenvalue weighted by Gasteiger charge is 2.14. The molecular formula is C19H14BrClN2OS. The van der Waals surface area contributed by atoms with Gasteiger partial charge < -0.3 is 5.32 Å². The first-order chi connectivity index (χ1) is 12.0. The lowest BCUT2D eigenvalue weighted by Crippen LogP contribution is -2.13. The van der Waals surface area contributed by atoms with E-state index in [4.69, 9.17) is 11.6 Å². The van der Waals surface area contributed by atoms with Gasteiger partial charge in [-0.25, -0.2) is 4.98 Å². The Labute approximate surface area is 164 Å². The standard InChI is InChI=1S/C19H14BrClN2OS/c1-12-6-8-16(15(21)10-12)23-19(24)14-4-2-3-5-17(14)25-18-9-7-13(20)11-22-18/h2-11H,1H3,(H,23,24). The summed E-state index contributed by atoms with van der Waals surface area (Å²) in [5.41, 5.74) is 2.22. The van der Waals surface area contributed by atoms with Crippen LogP contribution in [0.4, 0.5) is 5.69 Å². The van der Waals surface area contributed by atoms with Crippen LogP contribution in [0.3, 0.4) is 0 Å². The van der Waals surface area contributed by atoms with Crippen molar-refractivity contribution in [1.29, 1.82) is 0 Å². The number of benzene rings is 2. The summed E-state index contributed by atoms with van der Waals surface area (Å²) in [7, 11) is 0. The number of hydrogen-bond donors (Lipinski definition) is 1. The fraction of sp³-hybridized carbons (Fsp3) is 0.0526. The normalized spacial score (nSPS) is 10.5. The Morgan fingerprint density at radius 3 is 2.68 bits per heavy atom. The zero-order valence-electron chi connectivity index (χ0n) is 13.3. The van der Waals surface area contributed by atoms with Crippen molar-refractivity contribution in [3.05, 3.63) is 81.4 Å². The molecule has 0 aliphatic carbocycles. The van der Waals surface area contributed by atoms with E-state index in [1.54, 1.807) is 12.3 Å². The topological polar surface area (TPSA) is 42.0 Å². The number of rotatable bonds is 4. The monoisotopic (exact) mass is 432 g/mol. The summed E-state index contributed by atoms with van der Waals surface area (Å²) in [5, 5.41) is 4.21. The van der Waals surface area contributed by atoms with E-state index in [1.165, 1.54) is 11.8 Å². The Morgan fingerprint density at radius 1 is 1.16 bits per heavy atom.